The molecule has 1 saturated heterocycles. The lowest BCUT2D eigenvalue weighted by molar-refractivity contribution is -0.140. The molecule has 0 bridgehead atoms. The predicted molar refractivity (Wildman–Crippen MR) is 155 cm³/mol. The number of amides is 3. The van der Waals surface area contributed by atoms with Crippen molar-refractivity contribution in [1.29, 1.82) is 0 Å². The summed E-state index contributed by atoms with van der Waals surface area (Å²) in [6.07, 6.45) is 3.78. The Bertz CT molecular complexity index is 1020. The van der Waals surface area contributed by atoms with Crippen molar-refractivity contribution in [2.75, 3.05) is 12.3 Å². The molecule has 3 amide bonds. The van der Waals surface area contributed by atoms with E-state index >= 15 is 0 Å². The van der Waals surface area contributed by atoms with Gasteiger partial charge in [-0.25, -0.2) is 4.21 Å². The van der Waals surface area contributed by atoms with Crippen LogP contribution in [-0.4, -0.2) is 57.3 Å². The molecule has 4 atom stereocenters. The van der Waals surface area contributed by atoms with E-state index < -0.39 is 39.5 Å². The van der Waals surface area contributed by atoms with Crippen molar-refractivity contribution < 1.29 is 23.4 Å². The first kappa shape index (κ1) is 32.6. The third-order valence-electron chi connectivity index (χ3n) is 6.08. The van der Waals surface area contributed by atoms with Gasteiger partial charge in [0.25, 0.3) is 5.91 Å². The van der Waals surface area contributed by atoms with Crippen LogP contribution in [0.15, 0.2) is 18.2 Å². The number of likely N-dealkylation sites (N-methyl/N-ethyl adjacent to an activating group) is 1. The van der Waals surface area contributed by atoms with Crippen molar-refractivity contribution in [2.45, 2.75) is 83.1 Å². The minimum Gasteiger partial charge on any atom is -0.350 e. The van der Waals surface area contributed by atoms with Gasteiger partial charge in [-0.15, -0.1) is 0 Å². The number of rotatable bonds is 15. The van der Waals surface area contributed by atoms with Gasteiger partial charge in [0.15, 0.2) is 0 Å². The third-order valence-corrected chi connectivity index (χ3v) is 10.3. The van der Waals surface area contributed by atoms with Crippen LogP contribution in [0.4, 0.5) is 0 Å². The van der Waals surface area contributed by atoms with E-state index in [1.807, 2.05) is 13.8 Å². The molecule has 1 aliphatic rings. The fraction of sp³-hybridized carbons (Fsp3) is 0.615. The van der Waals surface area contributed by atoms with Gasteiger partial charge < -0.3 is 16.0 Å². The van der Waals surface area contributed by atoms with Crippen molar-refractivity contribution in [1.82, 2.24) is 16.0 Å². The summed E-state index contributed by atoms with van der Waals surface area (Å²) in [5, 5.41) is 8.86. The van der Waals surface area contributed by atoms with Crippen molar-refractivity contribution in [3.63, 3.8) is 0 Å². The maximum absolute atomic E-state index is 13.3. The zero-order chi connectivity index (χ0) is 28.2. The van der Waals surface area contributed by atoms with Crippen LogP contribution in [-0.2, 0) is 35.4 Å². The Labute approximate surface area is 241 Å². The van der Waals surface area contributed by atoms with E-state index in [0.717, 1.165) is 25.0 Å². The van der Waals surface area contributed by atoms with E-state index in [-0.39, 0.29) is 36.5 Å². The molecule has 2 unspecified atom stereocenters. The third kappa shape index (κ3) is 10.9. The monoisotopic (exact) mass is 605 g/mol. The van der Waals surface area contributed by atoms with Crippen LogP contribution in [0.25, 0.3) is 0 Å². The highest BCUT2D eigenvalue weighted by atomic mass is 35.5. The van der Waals surface area contributed by atoms with E-state index in [4.69, 9.17) is 23.2 Å². The van der Waals surface area contributed by atoms with Crippen LogP contribution in [0.1, 0.15) is 64.9 Å². The van der Waals surface area contributed by atoms with E-state index in [1.165, 1.54) is 16.9 Å². The van der Waals surface area contributed by atoms with Gasteiger partial charge in [-0.1, -0.05) is 60.3 Å². The molecule has 1 aromatic rings. The maximum atomic E-state index is 13.3. The zero-order valence-electron chi connectivity index (χ0n) is 22.0. The molecule has 1 fully saturated rings. The second-order valence-electron chi connectivity index (χ2n) is 9.71. The average molecular weight is 607 g/mol. The Morgan fingerprint density at radius 3 is 2.45 bits per heavy atom. The summed E-state index contributed by atoms with van der Waals surface area (Å²) >= 11 is 12.3. The van der Waals surface area contributed by atoms with Gasteiger partial charge in [0.1, 0.15) is 12.1 Å². The van der Waals surface area contributed by atoms with Gasteiger partial charge in [-0.05, 0) is 56.2 Å². The van der Waals surface area contributed by atoms with Gasteiger partial charge in [0.05, 0.1) is 9.83 Å². The fourth-order valence-electron chi connectivity index (χ4n) is 4.12. The number of carbonyl (C=O) groups excluding carboxylic acids is 4. The van der Waals surface area contributed by atoms with Crippen molar-refractivity contribution in [3.05, 3.63) is 33.8 Å². The van der Waals surface area contributed by atoms with Gasteiger partial charge in [0.2, 0.25) is 17.6 Å². The highest BCUT2D eigenvalue weighted by Gasteiger charge is 2.31. The highest BCUT2D eigenvalue weighted by molar-refractivity contribution is 8.69. The number of carbonyl (C=O) groups is 4. The van der Waals surface area contributed by atoms with Gasteiger partial charge >= 0.3 is 0 Å². The Morgan fingerprint density at radius 1 is 1.11 bits per heavy atom. The fourth-order valence-corrected chi connectivity index (χ4v) is 8.09. The summed E-state index contributed by atoms with van der Waals surface area (Å²) in [7, 11) is 0.649. The summed E-state index contributed by atoms with van der Waals surface area (Å²) in [6.45, 7) is 5.80. The molecule has 0 aromatic heterocycles. The van der Waals surface area contributed by atoms with Crippen LogP contribution < -0.4 is 16.0 Å². The molecule has 38 heavy (non-hydrogen) atoms. The molecule has 3 N–H and O–H groups in total. The molecule has 0 radical (unpaired) electrons. The van der Waals surface area contributed by atoms with Crippen LogP contribution >= 0.6 is 34.0 Å². The summed E-state index contributed by atoms with van der Waals surface area (Å²) in [5.41, 5.74) is 0.546. The second-order valence-corrected chi connectivity index (χ2v) is 14.1. The topological polar surface area (TPSA) is 121 Å². The summed E-state index contributed by atoms with van der Waals surface area (Å²) in [5.74, 6) is -1.42. The first-order chi connectivity index (χ1) is 18.0. The molecule has 0 spiro atoms. The molecule has 0 aliphatic carbocycles. The van der Waals surface area contributed by atoms with Gasteiger partial charge in [-0.3, -0.25) is 19.2 Å². The number of hydrogen-bond acceptors (Lipinski definition) is 6. The Kier molecular flexibility index (Phi) is 14.1. The molecule has 212 valence electrons. The minimum absolute atomic E-state index is 0.0130. The number of Topliss-reactive ketones (excluding diaryl/α,β-unsaturated/α-hetero) is 1. The van der Waals surface area contributed by atoms with Crippen molar-refractivity contribution in [3.8, 4) is 0 Å². The average Bonchev–Trinajstić information content (AvgIpc) is 3.26. The van der Waals surface area contributed by atoms with E-state index in [1.54, 1.807) is 19.1 Å². The predicted octanol–water partition coefficient (Wildman–Crippen LogP) is 3.99. The number of hydrogen-bond donors (Lipinski definition) is 3. The Balaban J connectivity index is 2.05. The van der Waals surface area contributed by atoms with Gasteiger partial charge in [-0.2, -0.15) is 0 Å². The smallest absolute Gasteiger partial charge is 0.289 e. The quantitative estimate of drug-likeness (QED) is 0.158. The number of benzene rings is 1. The molecule has 0 saturated carbocycles. The Hall–Kier alpha value is -1.62. The molecule has 2 rings (SSSR count). The summed E-state index contributed by atoms with van der Waals surface area (Å²) < 4.78 is 11.9. The lowest BCUT2D eigenvalue weighted by Gasteiger charge is -2.24. The van der Waals surface area contributed by atoms with Crippen molar-refractivity contribution in [2.24, 2.45) is 5.92 Å². The first-order valence-corrected chi connectivity index (χ1v) is 16.4. The van der Waals surface area contributed by atoms with Crippen LogP contribution in [0.3, 0.4) is 0 Å². The zero-order valence-corrected chi connectivity index (χ0v) is 25.2. The number of unbranched alkanes of at least 4 members (excludes halogenated alkanes) is 1. The largest absolute Gasteiger partial charge is 0.350 e. The SMILES string of the molecule is CCNC(=O)C(=O)[C@H](Cc1ccc(Cl)cc1Cl)NC(=O)[C@H](CC(C)C)NC(=O)CCCCC1CCSS1=O. The molecule has 1 heterocycles. The molecular weight excluding hydrogens is 569 g/mol. The standard InChI is InChI=1S/C26H37Cl2N3O5S2/c1-4-29-26(35)24(33)21(14-17-9-10-18(27)15-20(17)28)31-25(34)22(13-16(2)3)30-23(32)8-6-5-7-19-11-12-37-38(19)36/h9-10,15-16,19,21-22H,4-8,11-14H2,1-3H3,(H,29,35)(H,30,32)(H,31,34)/t19?,21-,22-,38?/m0/s1. The lowest BCUT2D eigenvalue weighted by atomic mass is 9.99. The first-order valence-electron chi connectivity index (χ1n) is 12.9. The number of ketones is 1. The van der Waals surface area contributed by atoms with Gasteiger partial charge in [0, 0.05) is 40.4 Å². The lowest BCUT2D eigenvalue weighted by Crippen LogP contribution is -2.54. The molecular formula is C26H37Cl2N3O5S2. The maximum Gasteiger partial charge on any atom is 0.289 e. The second kappa shape index (κ2) is 16.5. The number of halogens is 2. The molecule has 8 nitrogen and oxygen atoms in total. The van der Waals surface area contributed by atoms with Crippen molar-refractivity contribution >= 4 is 67.3 Å². The minimum atomic E-state index is -1.18. The van der Waals surface area contributed by atoms with E-state index in [2.05, 4.69) is 16.0 Å². The summed E-state index contributed by atoms with van der Waals surface area (Å²) in [4.78, 5) is 51.2. The van der Waals surface area contributed by atoms with E-state index in [9.17, 15) is 23.4 Å². The normalized spacial score (nSPS) is 18.6. The highest BCUT2D eigenvalue weighted by Crippen LogP contribution is 2.29. The van der Waals surface area contributed by atoms with Crippen LogP contribution in [0, 0.1) is 5.92 Å². The molecule has 1 aliphatic heterocycles. The number of nitrogens with one attached hydrogen (secondary N) is 3. The van der Waals surface area contributed by atoms with Crippen LogP contribution in [0.2, 0.25) is 10.0 Å². The van der Waals surface area contributed by atoms with E-state index in [0.29, 0.717) is 28.5 Å². The summed E-state index contributed by atoms with van der Waals surface area (Å²) in [6, 6.07) is 2.74. The molecule has 12 heteroatoms. The van der Waals surface area contributed by atoms with Crippen LogP contribution in [0.5, 0.6) is 0 Å². The molecule has 1 aromatic carbocycles. The Morgan fingerprint density at radius 2 is 1.84 bits per heavy atom.